The summed E-state index contributed by atoms with van der Waals surface area (Å²) in [6.07, 6.45) is 2.10. The van der Waals surface area contributed by atoms with E-state index in [0.717, 1.165) is 8.95 Å². The molecule has 0 amide bonds. The van der Waals surface area contributed by atoms with Gasteiger partial charge in [-0.05, 0) is 37.9 Å². The number of nitrogens with zero attached hydrogens (tertiary/aromatic N) is 3. The van der Waals surface area contributed by atoms with E-state index < -0.39 is 0 Å². The van der Waals surface area contributed by atoms with Crippen molar-refractivity contribution in [2.24, 2.45) is 0 Å². The first-order chi connectivity index (χ1) is 7.20. The fourth-order valence-corrected chi connectivity index (χ4v) is 2.12. The third kappa shape index (κ3) is 2.13. The van der Waals surface area contributed by atoms with Gasteiger partial charge in [-0.25, -0.2) is 0 Å². The van der Waals surface area contributed by atoms with E-state index >= 15 is 0 Å². The van der Waals surface area contributed by atoms with Crippen molar-refractivity contribution >= 4 is 38.1 Å². The molecule has 76 valence electrons. The predicted molar refractivity (Wildman–Crippen MR) is 58.3 cm³/mol. The number of halogens is 2. The summed E-state index contributed by atoms with van der Waals surface area (Å²) in [7, 11) is 0. The molecule has 0 aliphatic heterocycles. The summed E-state index contributed by atoms with van der Waals surface area (Å²) in [5.41, 5.74) is 0.523. The number of hydrogen-bond acceptors (Lipinski definition) is 5. The highest BCUT2D eigenvalue weighted by molar-refractivity contribution is 9.11. The zero-order valence-electron chi connectivity index (χ0n) is 7.15. The van der Waals surface area contributed by atoms with Crippen molar-refractivity contribution < 1.29 is 9.32 Å². The van der Waals surface area contributed by atoms with Crippen molar-refractivity contribution in [1.29, 1.82) is 0 Å². The summed E-state index contributed by atoms with van der Waals surface area (Å²) in [5.74, 6) is 0.207. The van der Waals surface area contributed by atoms with Gasteiger partial charge in [-0.1, -0.05) is 5.16 Å². The summed E-state index contributed by atoms with van der Waals surface area (Å²) < 4.78 is 6.20. The molecule has 0 radical (unpaired) electrons. The molecule has 2 heterocycles. The van der Waals surface area contributed by atoms with Crippen LogP contribution in [0.25, 0.3) is 11.5 Å². The molecule has 0 saturated heterocycles. The summed E-state index contributed by atoms with van der Waals surface area (Å²) >= 11 is 6.59. The minimum absolute atomic E-state index is 0.0679. The first-order valence-corrected chi connectivity index (χ1v) is 5.39. The smallest absolute Gasteiger partial charge is 0.291 e. The van der Waals surface area contributed by atoms with E-state index in [4.69, 9.17) is 0 Å². The van der Waals surface area contributed by atoms with Crippen LogP contribution >= 0.6 is 31.9 Å². The van der Waals surface area contributed by atoms with Crippen LogP contribution in [0.4, 0.5) is 0 Å². The summed E-state index contributed by atoms with van der Waals surface area (Å²) in [4.78, 5) is 18.3. The predicted octanol–water partition coefficient (Wildman–Crippen LogP) is 2.47. The number of aromatic nitrogens is 3. The quantitative estimate of drug-likeness (QED) is 0.790. The van der Waals surface area contributed by atoms with Crippen molar-refractivity contribution in [2.75, 3.05) is 0 Å². The molecule has 0 atom stereocenters. The zero-order chi connectivity index (χ0) is 10.8. The highest BCUT2D eigenvalue weighted by atomic mass is 79.9. The zero-order valence-corrected chi connectivity index (χ0v) is 10.3. The van der Waals surface area contributed by atoms with Crippen LogP contribution in [0, 0.1) is 0 Å². The summed E-state index contributed by atoms with van der Waals surface area (Å²) in [6, 6.07) is 1.80. The Hall–Kier alpha value is -1.08. The number of carbonyl (C=O) groups is 1. The SMILES string of the molecule is O=Cc1nc(-c2ncc(Br)cc2Br)no1. The molecule has 0 aliphatic carbocycles. The van der Waals surface area contributed by atoms with Gasteiger partial charge in [0.25, 0.3) is 5.89 Å². The third-order valence-corrected chi connectivity index (χ3v) is 2.60. The maximum Gasteiger partial charge on any atom is 0.291 e. The van der Waals surface area contributed by atoms with Gasteiger partial charge < -0.3 is 4.52 Å². The second-order valence-corrected chi connectivity index (χ2v) is 4.33. The largest absolute Gasteiger partial charge is 0.331 e. The Kier molecular flexibility index (Phi) is 2.92. The second kappa shape index (κ2) is 4.19. The lowest BCUT2D eigenvalue weighted by molar-refractivity contribution is 0.108. The molecule has 0 N–H and O–H groups in total. The van der Waals surface area contributed by atoms with E-state index in [2.05, 4.69) is 51.5 Å². The first-order valence-electron chi connectivity index (χ1n) is 3.81. The molecule has 0 fully saturated rings. The van der Waals surface area contributed by atoms with Crippen LogP contribution in [0.3, 0.4) is 0 Å². The Balaban J connectivity index is 2.49. The van der Waals surface area contributed by atoms with Gasteiger partial charge >= 0.3 is 0 Å². The molecule has 0 aliphatic rings. The van der Waals surface area contributed by atoms with E-state index in [1.54, 1.807) is 12.3 Å². The lowest BCUT2D eigenvalue weighted by atomic mass is 10.3. The molecule has 5 nitrogen and oxygen atoms in total. The van der Waals surface area contributed by atoms with Gasteiger partial charge in [-0.15, -0.1) is 0 Å². The van der Waals surface area contributed by atoms with Crippen LogP contribution in [0.15, 0.2) is 25.7 Å². The molecule has 0 unspecified atom stereocenters. The van der Waals surface area contributed by atoms with E-state index in [-0.39, 0.29) is 11.7 Å². The summed E-state index contributed by atoms with van der Waals surface area (Å²) in [5, 5.41) is 3.62. The van der Waals surface area contributed by atoms with Gasteiger partial charge in [0, 0.05) is 15.1 Å². The van der Waals surface area contributed by atoms with Crippen molar-refractivity contribution in [3.63, 3.8) is 0 Å². The number of hydrogen-bond donors (Lipinski definition) is 0. The highest BCUT2D eigenvalue weighted by Gasteiger charge is 2.12. The Morgan fingerprint density at radius 2 is 2.20 bits per heavy atom. The van der Waals surface area contributed by atoms with Crippen LogP contribution in [-0.2, 0) is 0 Å². The first kappa shape index (κ1) is 10.4. The van der Waals surface area contributed by atoms with Gasteiger partial charge in [0.05, 0.1) is 0 Å². The Morgan fingerprint density at radius 3 is 2.80 bits per heavy atom. The Bertz CT molecular complexity index is 512. The molecule has 0 aromatic carbocycles. The standard InChI is InChI=1S/C8H3Br2N3O2/c9-4-1-5(10)7(11-2-4)8-12-6(3-14)15-13-8/h1-3H. The molecular weight excluding hydrogens is 330 g/mol. The van der Waals surface area contributed by atoms with Crippen molar-refractivity contribution in [3.8, 4) is 11.5 Å². The van der Waals surface area contributed by atoms with Gasteiger partial charge in [-0.2, -0.15) is 4.98 Å². The molecule has 2 aromatic rings. The Morgan fingerprint density at radius 1 is 1.40 bits per heavy atom. The van der Waals surface area contributed by atoms with Crippen LogP contribution in [-0.4, -0.2) is 21.4 Å². The van der Waals surface area contributed by atoms with E-state index in [0.29, 0.717) is 12.0 Å². The molecule has 7 heteroatoms. The van der Waals surface area contributed by atoms with E-state index in [1.165, 1.54) is 0 Å². The van der Waals surface area contributed by atoms with Crippen molar-refractivity contribution in [2.45, 2.75) is 0 Å². The number of aldehydes is 1. The average molecular weight is 333 g/mol. The van der Waals surface area contributed by atoms with Gasteiger partial charge in [0.2, 0.25) is 12.1 Å². The van der Waals surface area contributed by atoms with Crippen molar-refractivity contribution in [3.05, 3.63) is 27.1 Å². The highest BCUT2D eigenvalue weighted by Crippen LogP contribution is 2.26. The minimum Gasteiger partial charge on any atom is -0.331 e. The second-order valence-electron chi connectivity index (χ2n) is 2.56. The number of carbonyl (C=O) groups excluding carboxylic acids is 1. The molecule has 0 bridgehead atoms. The van der Waals surface area contributed by atoms with Crippen LogP contribution in [0.1, 0.15) is 10.7 Å². The molecular formula is C8H3Br2N3O2. The number of rotatable bonds is 2. The monoisotopic (exact) mass is 331 g/mol. The Labute approximate surface area is 101 Å². The minimum atomic E-state index is -0.0679. The van der Waals surface area contributed by atoms with Crippen LogP contribution < -0.4 is 0 Å². The van der Waals surface area contributed by atoms with Gasteiger partial charge in [0.1, 0.15) is 5.69 Å². The molecule has 2 aromatic heterocycles. The lowest BCUT2D eigenvalue weighted by Crippen LogP contribution is -1.88. The van der Waals surface area contributed by atoms with E-state index in [1.807, 2.05) is 0 Å². The maximum atomic E-state index is 10.4. The summed E-state index contributed by atoms with van der Waals surface area (Å²) in [6.45, 7) is 0. The maximum absolute atomic E-state index is 10.4. The molecule has 0 saturated carbocycles. The topological polar surface area (TPSA) is 68.9 Å². The average Bonchev–Trinajstić information content (AvgIpc) is 2.66. The van der Waals surface area contributed by atoms with E-state index in [9.17, 15) is 4.79 Å². The van der Waals surface area contributed by atoms with Crippen molar-refractivity contribution in [1.82, 2.24) is 15.1 Å². The normalized spacial score (nSPS) is 10.3. The molecule has 2 rings (SSSR count). The lowest BCUT2D eigenvalue weighted by Gasteiger charge is -1.97. The fourth-order valence-electron chi connectivity index (χ4n) is 0.958. The third-order valence-electron chi connectivity index (χ3n) is 1.56. The van der Waals surface area contributed by atoms with Crippen LogP contribution in [0.2, 0.25) is 0 Å². The van der Waals surface area contributed by atoms with Crippen LogP contribution in [0.5, 0.6) is 0 Å². The molecule has 0 spiro atoms. The molecule has 15 heavy (non-hydrogen) atoms. The van der Waals surface area contributed by atoms with Gasteiger partial charge in [0.15, 0.2) is 0 Å². The number of pyridine rings is 1. The van der Waals surface area contributed by atoms with Gasteiger partial charge in [-0.3, -0.25) is 9.78 Å². The fraction of sp³-hybridized carbons (Fsp3) is 0.